The summed E-state index contributed by atoms with van der Waals surface area (Å²) in [5.74, 6) is 0. The molecule has 1 fully saturated rings. The highest BCUT2D eigenvalue weighted by molar-refractivity contribution is 7.15. The van der Waals surface area contributed by atoms with Gasteiger partial charge in [-0.05, 0) is 12.1 Å². The van der Waals surface area contributed by atoms with Crippen molar-refractivity contribution in [3.8, 4) is 0 Å². The van der Waals surface area contributed by atoms with E-state index in [9.17, 15) is 0 Å². The van der Waals surface area contributed by atoms with Gasteiger partial charge in [-0.25, -0.2) is 0 Å². The summed E-state index contributed by atoms with van der Waals surface area (Å²) in [6.45, 7) is 5.07. The van der Waals surface area contributed by atoms with Crippen LogP contribution in [0.15, 0.2) is 30.3 Å². The fourth-order valence-corrected chi connectivity index (χ4v) is 2.98. The summed E-state index contributed by atoms with van der Waals surface area (Å²) in [5.41, 5.74) is 6.91. The van der Waals surface area contributed by atoms with Crippen molar-refractivity contribution >= 4 is 22.2 Å². The zero-order chi connectivity index (χ0) is 13.1. The Morgan fingerprint density at radius 2 is 1.79 bits per heavy atom. The van der Waals surface area contributed by atoms with Crippen LogP contribution in [0.2, 0.25) is 0 Å². The highest BCUT2D eigenvalue weighted by atomic mass is 32.1. The van der Waals surface area contributed by atoms with Crippen molar-refractivity contribution in [3.05, 3.63) is 35.3 Å². The van der Waals surface area contributed by atoms with Gasteiger partial charge in [-0.1, -0.05) is 29.5 Å². The monoisotopic (exact) mass is 275 g/mol. The summed E-state index contributed by atoms with van der Waals surface area (Å²) in [5, 5.41) is 9.49. The molecule has 1 aromatic carbocycles. The Kier molecular flexibility index (Phi) is 3.61. The summed E-state index contributed by atoms with van der Waals surface area (Å²) in [4.78, 5) is 4.82. The molecule has 0 radical (unpaired) electrons. The molecule has 0 atom stereocenters. The Balaban J connectivity index is 1.55. The molecule has 1 saturated heterocycles. The van der Waals surface area contributed by atoms with E-state index in [0.29, 0.717) is 5.13 Å². The van der Waals surface area contributed by atoms with Gasteiger partial charge >= 0.3 is 0 Å². The highest BCUT2D eigenvalue weighted by Crippen LogP contribution is 2.18. The van der Waals surface area contributed by atoms with Crippen LogP contribution in [0.5, 0.6) is 0 Å². The zero-order valence-electron chi connectivity index (χ0n) is 10.7. The summed E-state index contributed by atoms with van der Waals surface area (Å²) in [6, 6.07) is 10.6. The average molecular weight is 275 g/mol. The molecular formula is C13H17N5S. The summed E-state index contributed by atoms with van der Waals surface area (Å²) in [7, 11) is 0. The first-order valence-electron chi connectivity index (χ1n) is 6.41. The van der Waals surface area contributed by atoms with Crippen molar-refractivity contribution in [2.45, 2.75) is 6.54 Å². The van der Waals surface area contributed by atoms with Crippen LogP contribution in [-0.2, 0) is 6.54 Å². The number of nitrogens with two attached hydrogens (primary N) is 1. The van der Waals surface area contributed by atoms with E-state index in [1.165, 1.54) is 17.0 Å². The van der Waals surface area contributed by atoms with E-state index >= 15 is 0 Å². The third-order valence-corrected chi connectivity index (χ3v) is 4.07. The molecule has 0 aliphatic carbocycles. The molecule has 1 aliphatic rings. The number of piperazine rings is 1. The number of aromatic nitrogens is 2. The maximum atomic E-state index is 5.60. The lowest BCUT2D eigenvalue weighted by Gasteiger charge is -2.35. The molecule has 0 amide bonds. The van der Waals surface area contributed by atoms with Crippen molar-refractivity contribution in [1.29, 1.82) is 0 Å². The zero-order valence-corrected chi connectivity index (χ0v) is 11.5. The van der Waals surface area contributed by atoms with Crippen molar-refractivity contribution in [3.63, 3.8) is 0 Å². The predicted octanol–water partition coefficient (Wildman–Crippen LogP) is 1.44. The lowest BCUT2D eigenvalue weighted by molar-refractivity contribution is 0.249. The van der Waals surface area contributed by atoms with Gasteiger partial charge in [-0.15, -0.1) is 10.2 Å². The van der Waals surface area contributed by atoms with E-state index in [4.69, 9.17) is 5.73 Å². The van der Waals surface area contributed by atoms with Crippen LogP contribution in [0.25, 0.3) is 0 Å². The SMILES string of the molecule is Nc1nnc(CN2CCN(c3ccccc3)CC2)s1. The smallest absolute Gasteiger partial charge is 0.203 e. The Morgan fingerprint density at radius 3 is 2.42 bits per heavy atom. The second kappa shape index (κ2) is 5.54. The molecule has 1 aromatic heterocycles. The van der Waals surface area contributed by atoms with Gasteiger partial charge in [0.15, 0.2) is 0 Å². The van der Waals surface area contributed by atoms with E-state index in [-0.39, 0.29) is 0 Å². The first kappa shape index (κ1) is 12.4. The molecule has 6 heteroatoms. The van der Waals surface area contributed by atoms with Gasteiger partial charge in [-0.3, -0.25) is 4.90 Å². The summed E-state index contributed by atoms with van der Waals surface area (Å²) >= 11 is 1.48. The Morgan fingerprint density at radius 1 is 1.05 bits per heavy atom. The molecule has 19 heavy (non-hydrogen) atoms. The number of para-hydroxylation sites is 1. The van der Waals surface area contributed by atoms with Gasteiger partial charge in [-0.2, -0.15) is 0 Å². The fraction of sp³-hybridized carbons (Fsp3) is 0.385. The second-order valence-corrected chi connectivity index (χ2v) is 5.73. The number of rotatable bonds is 3. The van der Waals surface area contributed by atoms with E-state index < -0.39 is 0 Å². The van der Waals surface area contributed by atoms with E-state index in [0.717, 1.165) is 37.7 Å². The van der Waals surface area contributed by atoms with Gasteiger partial charge in [0.1, 0.15) is 5.01 Å². The molecule has 100 valence electrons. The molecule has 3 rings (SSSR count). The Labute approximate surface area is 116 Å². The van der Waals surface area contributed by atoms with Gasteiger partial charge in [0, 0.05) is 31.9 Å². The molecule has 1 aliphatic heterocycles. The first-order valence-corrected chi connectivity index (χ1v) is 7.23. The number of benzene rings is 1. The van der Waals surface area contributed by atoms with Gasteiger partial charge in [0.05, 0.1) is 6.54 Å². The lowest BCUT2D eigenvalue weighted by Crippen LogP contribution is -2.45. The summed E-state index contributed by atoms with van der Waals surface area (Å²) < 4.78 is 0. The van der Waals surface area contributed by atoms with Crippen LogP contribution in [0.4, 0.5) is 10.8 Å². The molecule has 0 saturated carbocycles. The highest BCUT2D eigenvalue weighted by Gasteiger charge is 2.18. The van der Waals surface area contributed by atoms with E-state index in [1.54, 1.807) is 0 Å². The Bertz CT molecular complexity index is 519. The van der Waals surface area contributed by atoms with Gasteiger partial charge in [0.2, 0.25) is 5.13 Å². The van der Waals surface area contributed by atoms with E-state index in [2.05, 4.69) is 50.3 Å². The number of anilines is 2. The molecule has 2 N–H and O–H groups in total. The minimum absolute atomic E-state index is 0.554. The lowest BCUT2D eigenvalue weighted by atomic mass is 10.2. The molecule has 2 aromatic rings. The van der Waals surface area contributed by atoms with Crippen LogP contribution in [0.1, 0.15) is 5.01 Å². The first-order chi connectivity index (χ1) is 9.31. The van der Waals surface area contributed by atoms with Crippen molar-refractivity contribution in [2.24, 2.45) is 0 Å². The van der Waals surface area contributed by atoms with Crippen LogP contribution in [0.3, 0.4) is 0 Å². The number of hydrogen-bond donors (Lipinski definition) is 1. The average Bonchev–Trinajstić information content (AvgIpc) is 2.86. The van der Waals surface area contributed by atoms with Crippen LogP contribution < -0.4 is 10.6 Å². The van der Waals surface area contributed by atoms with E-state index in [1.807, 2.05) is 0 Å². The minimum Gasteiger partial charge on any atom is -0.374 e. The predicted molar refractivity (Wildman–Crippen MR) is 78.3 cm³/mol. The Hall–Kier alpha value is -1.66. The fourth-order valence-electron chi connectivity index (χ4n) is 2.32. The molecule has 0 bridgehead atoms. The standard InChI is InChI=1S/C13H17N5S/c14-13-16-15-12(19-13)10-17-6-8-18(9-7-17)11-4-2-1-3-5-11/h1-5H,6-10H2,(H2,14,16). The normalized spacial score (nSPS) is 16.7. The number of hydrogen-bond acceptors (Lipinski definition) is 6. The summed E-state index contributed by atoms with van der Waals surface area (Å²) in [6.07, 6.45) is 0. The van der Waals surface area contributed by atoms with Crippen molar-refractivity contribution in [2.75, 3.05) is 36.8 Å². The molecular weight excluding hydrogens is 258 g/mol. The minimum atomic E-state index is 0.554. The number of nitrogens with zero attached hydrogens (tertiary/aromatic N) is 4. The number of nitrogen functional groups attached to an aromatic ring is 1. The third-order valence-electron chi connectivity index (χ3n) is 3.33. The van der Waals surface area contributed by atoms with Gasteiger partial charge in [0.25, 0.3) is 0 Å². The molecule has 0 spiro atoms. The van der Waals surface area contributed by atoms with Crippen molar-refractivity contribution < 1.29 is 0 Å². The molecule has 2 heterocycles. The quantitative estimate of drug-likeness (QED) is 0.918. The van der Waals surface area contributed by atoms with Crippen LogP contribution in [-0.4, -0.2) is 41.3 Å². The maximum Gasteiger partial charge on any atom is 0.203 e. The van der Waals surface area contributed by atoms with Crippen LogP contribution in [0, 0.1) is 0 Å². The maximum absolute atomic E-state index is 5.60. The van der Waals surface area contributed by atoms with Gasteiger partial charge < -0.3 is 10.6 Å². The molecule has 0 unspecified atom stereocenters. The third kappa shape index (κ3) is 3.02. The van der Waals surface area contributed by atoms with Crippen LogP contribution >= 0.6 is 11.3 Å². The molecule has 5 nitrogen and oxygen atoms in total. The topological polar surface area (TPSA) is 58.3 Å². The largest absolute Gasteiger partial charge is 0.374 e. The second-order valence-electron chi connectivity index (χ2n) is 4.63. The van der Waals surface area contributed by atoms with Crippen molar-refractivity contribution in [1.82, 2.24) is 15.1 Å².